The van der Waals surface area contributed by atoms with Crippen LogP contribution in [0, 0.1) is 0 Å². The number of hydrazone groups is 1. The standard InChI is InChI=1S/C22H26N6O/c29-22-17(21(26-27-22)15-8-9-23-24-13-15)12-20-18(14-28-10-4-1-5-11-28)16-6-2-3-7-19(16)25-20/h8-9,12-13,25H,1-7,10-11,14H2,(H,27,29)/b17-12+. The van der Waals surface area contributed by atoms with Gasteiger partial charge in [-0.15, -0.1) is 0 Å². The van der Waals surface area contributed by atoms with Gasteiger partial charge in [-0.05, 0) is 74.9 Å². The van der Waals surface area contributed by atoms with Crippen LogP contribution in [0.3, 0.4) is 0 Å². The maximum Gasteiger partial charge on any atom is 0.273 e. The van der Waals surface area contributed by atoms with Gasteiger partial charge in [0, 0.05) is 23.5 Å². The Morgan fingerprint density at radius 1 is 1.07 bits per heavy atom. The van der Waals surface area contributed by atoms with Crippen molar-refractivity contribution in [2.75, 3.05) is 13.1 Å². The van der Waals surface area contributed by atoms with E-state index in [-0.39, 0.29) is 5.91 Å². The fraction of sp³-hybridized carbons (Fsp3) is 0.455. The molecule has 0 radical (unpaired) electrons. The molecule has 150 valence electrons. The average Bonchev–Trinajstić information content (AvgIpc) is 3.30. The Morgan fingerprint density at radius 3 is 2.76 bits per heavy atom. The fourth-order valence-corrected chi connectivity index (χ4v) is 4.69. The maximum absolute atomic E-state index is 12.6. The number of piperidine rings is 1. The maximum atomic E-state index is 12.6. The van der Waals surface area contributed by atoms with Gasteiger partial charge in [0.1, 0.15) is 5.71 Å². The minimum absolute atomic E-state index is 0.173. The molecule has 2 aliphatic heterocycles. The molecule has 2 aromatic heterocycles. The predicted octanol–water partition coefficient (Wildman–Crippen LogP) is 2.59. The molecule has 0 atom stereocenters. The molecule has 3 aliphatic rings. The smallest absolute Gasteiger partial charge is 0.273 e. The number of nitrogens with zero attached hydrogens (tertiary/aromatic N) is 4. The van der Waals surface area contributed by atoms with Gasteiger partial charge in [-0.2, -0.15) is 15.3 Å². The van der Waals surface area contributed by atoms with E-state index in [4.69, 9.17) is 0 Å². The van der Waals surface area contributed by atoms with Gasteiger partial charge in [-0.1, -0.05) is 6.42 Å². The van der Waals surface area contributed by atoms with Gasteiger partial charge < -0.3 is 4.98 Å². The van der Waals surface area contributed by atoms with Gasteiger partial charge in [-0.25, -0.2) is 5.43 Å². The third-order valence-electron chi connectivity index (χ3n) is 6.19. The van der Waals surface area contributed by atoms with Gasteiger partial charge >= 0.3 is 0 Å². The number of fused-ring (bicyclic) bond motifs is 1. The Balaban J connectivity index is 1.53. The summed E-state index contributed by atoms with van der Waals surface area (Å²) >= 11 is 0. The van der Waals surface area contributed by atoms with Crippen LogP contribution in [0.25, 0.3) is 6.08 Å². The summed E-state index contributed by atoms with van der Waals surface area (Å²) in [5.41, 5.74) is 9.84. The van der Waals surface area contributed by atoms with Crippen molar-refractivity contribution >= 4 is 17.7 Å². The first kappa shape index (κ1) is 18.2. The minimum Gasteiger partial charge on any atom is -0.358 e. The first-order valence-corrected chi connectivity index (χ1v) is 10.6. The molecule has 7 nitrogen and oxygen atoms in total. The lowest BCUT2D eigenvalue weighted by Gasteiger charge is -2.27. The van der Waals surface area contributed by atoms with E-state index in [0.29, 0.717) is 11.3 Å². The van der Waals surface area contributed by atoms with Gasteiger partial charge in [0.05, 0.1) is 18.0 Å². The summed E-state index contributed by atoms with van der Waals surface area (Å²) in [6.07, 6.45) is 13.8. The number of likely N-dealkylation sites (tertiary alicyclic amines) is 1. The van der Waals surface area contributed by atoms with Gasteiger partial charge in [0.15, 0.2) is 0 Å². The minimum atomic E-state index is -0.173. The number of rotatable bonds is 4. The molecule has 1 fully saturated rings. The highest BCUT2D eigenvalue weighted by atomic mass is 16.2. The Hall–Kier alpha value is -2.80. The number of hydrogen-bond acceptors (Lipinski definition) is 5. The van der Waals surface area contributed by atoms with Crippen LogP contribution in [0.5, 0.6) is 0 Å². The molecule has 2 aromatic rings. The van der Waals surface area contributed by atoms with Crippen LogP contribution in [0.4, 0.5) is 0 Å². The molecule has 29 heavy (non-hydrogen) atoms. The molecule has 0 saturated carbocycles. The summed E-state index contributed by atoms with van der Waals surface area (Å²) < 4.78 is 0. The van der Waals surface area contributed by atoms with Crippen molar-refractivity contribution in [3.8, 4) is 0 Å². The Labute approximate surface area is 170 Å². The van der Waals surface area contributed by atoms with Crippen molar-refractivity contribution < 1.29 is 4.79 Å². The first-order chi connectivity index (χ1) is 14.3. The monoisotopic (exact) mass is 390 g/mol. The lowest BCUT2D eigenvalue weighted by molar-refractivity contribution is -0.116. The SMILES string of the molecule is O=C1NN=C(c2ccnnc2)/C1=C\c1[nH]c2c(c1CN1CCCCC1)CCCC2. The third kappa shape index (κ3) is 3.62. The van der Waals surface area contributed by atoms with Crippen LogP contribution in [-0.4, -0.2) is 44.8 Å². The van der Waals surface area contributed by atoms with Gasteiger partial charge in [-0.3, -0.25) is 9.69 Å². The van der Waals surface area contributed by atoms with Crippen LogP contribution in [0.15, 0.2) is 29.1 Å². The Bertz CT molecular complexity index is 969. The second-order valence-corrected chi connectivity index (χ2v) is 8.11. The summed E-state index contributed by atoms with van der Waals surface area (Å²) in [7, 11) is 0. The molecule has 0 aromatic carbocycles. The fourth-order valence-electron chi connectivity index (χ4n) is 4.69. The summed E-state index contributed by atoms with van der Waals surface area (Å²) in [6.45, 7) is 3.27. The van der Waals surface area contributed by atoms with Crippen LogP contribution in [0.1, 0.15) is 60.2 Å². The zero-order valence-corrected chi connectivity index (χ0v) is 16.6. The third-order valence-corrected chi connectivity index (χ3v) is 6.19. The molecule has 1 saturated heterocycles. The van der Waals surface area contributed by atoms with Crippen molar-refractivity contribution in [2.24, 2.45) is 5.10 Å². The number of aromatic nitrogens is 3. The number of aromatic amines is 1. The van der Waals surface area contributed by atoms with Crippen LogP contribution in [0.2, 0.25) is 0 Å². The molecule has 0 unspecified atom stereocenters. The summed E-state index contributed by atoms with van der Waals surface area (Å²) in [5.74, 6) is -0.173. The van der Waals surface area contributed by atoms with Crippen LogP contribution >= 0.6 is 0 Å². The number of carbonyl (C=O) groups excluding carboxylic acids is 1. The highest BCUT2D eigenvalue weighted by molar-refractivity contribution is 6.33. The number of nitrogens with one attached hydrogen (secondary N) is 2. The Kier molecular flexibility index (Phi) is 4.97. The van der Waals surface area contributed by atoms with Crippen molar-refractivity contribution in [1.82, 2.24) is 25.5 Å². The lowest BCUT2D eigenvalue weighted by Crippen LogP contribution is -2.29. The number of aryl methyl sites for hydroxylation is 1. The largest absolute Gasteiger partial charge is 0.358 e. The summed E-state index contributed by atoms with van der Waals surface area (Å²) in [6, 6.07) is 1.83. The van der Waals surface area contributed by atoms with E-state index in [1.807, 2.05) is 12.1 Å². The predicted molar refractivity (Wildman–Crippen MR) is 111 cm³/mol. The zero-order chi connectivity index (χ0) is 19.6. The van der Waals surface area contributed by atoms with E-state index < -0.39 is 0 Å². The van der Waals surface area contributed by atoms with Crippen molar-refractivity contribution in [2.45, 2.75) is 51.5 Å². The van der Waals surface area contributed by atoms with E-state index in [1.54, 1.807) is 12.4 Å². The number of carbonyl (C=O) groups is 1. The quantitative estimate of drug-likeness (QED) is 0.786. The molecule has 2 N–H and O–H groups in total. The van der Waals surface area contributed by atoms with Crippen LogP contribution < -0.4 is 5.43 Å². The first-order valence-electron chi connectivity index (χ1n) is 10.6. The summed E-state index contributed by atoms with van der Waals surface area (Å²) in [4.78, 5) is 18.8. The Morgan fingerprint density at radius 2 is 1.93 bits per heavy atom. The van der Waals surface area contributed by atoms with E-state index in [2.05, 4.69) is 30.6 Å². The number of amides is 1. The van der Waals surface area contributed by atoms with E-state index in [1.165, 1.54) is 48.9 Å². The second-order valence-electron chi connectivity index (χ2n) is 8.11. The van der Waals surface area contributed by atoms with Gasteiger partial charge in [0.25, 0.3) is 5.91 Å². The number of hydrogen-bond donors (Lipinski definition) is 2. The topological polar surface area (TPSA) is 86.3 Å². The summed E-state index contributed by atoms with van der Waals surface area (Å²) in [5, 5.41) is 12.0. The van der Waals surface area contributed by atoms with E-state index >= 15 is 0 Å². The second kappa shape index (κ2) is 7.91. The molecule has 7 heteroatoms. The van der Waals surface area contributed by atoms with E-state index in [9.17, 15) is 4.79 Å². The molecular formula is C22H26N6O. The molecular weight excluding hydrogens is 364 g/mol. The van der Waals surface area contributed by atoms with Gasteiger partial charge in [0.2, 0.25) is 0 Å². The highest BCUT2D eigenvalue weighted by Gasteiger charge is 2.27. The lowest BCUT2D eigenvalue weighted by atomic mass is 9.93. The number of H-pyrrole nitrogens is 1. The van der Waals surface area contributed by atoms with Crippen molar-refractivity contribution in [3.63, 3.8) is 0 Å². The molecule has 0 spiro atoms. The van der Waals surface area contributed by atoms with Crippen molar-refractivity contribution in [1.29, 1.82) is 0 Å². The molecule has 0 bridgehead atoms. The normalized spacial score (nSPS) is 21.2. The molecule has 5 rings (SSSR count). The average molecular weight is 390 g/mol. The zero-order valence-electron chi connectivity index (χ0n) is 16.6. The van der Waals surface area contributed by atoms with Crippen LogP contribution in [-0.2, 0) is 24.2 Å². The van der Waals surface area contributed by atoms with Crippen molar-refractivity contribution in [3.05, 3.63) is 52.1 Å². The molecule has 1 amide bonds. The molecule has 1 aliphatic carbocycles. The highest BCUT2D eigenvalue weighted by Crippen LogP contribution is 2.31. The molecule has 4 heterocycles. The van der Waals surface area contributed by atoms with E-state index in [0.717, 1.165) is 43.7 Å².